The molecule has 12 heteroatoms. The molecular weight excluding hydrogens is 447 g/mol. The molecule has 0 bridgehead atoms. The first kappa shape index (κ1) is 23.3. The lowest BCUT2D eigenvalue weighted by Crippen LogP contribution is -2.47. The molecule has 0 aliphatic carbocycles. The topological polar surface area (TPSA) is 109 Å². The van der Waals surface area contributed by atoms with Crippen LogP contribution >= 0.6 is 0 Å². The molecule has 2 amide bonds. The molecule has 1 aromatic carbocycles. The third-order valence-corrected chi connectivity index (χ3v) is 5.70. The fourth-order valence-corrected chi connectivity index (χ4v) is 3.94. The number of ether oxygens (including phenoxy) is 3. The van der Waals surface area contributed by atoms with Crippen LogP contribution in [0.3, 0.4) is 0 Å². The van der Waals surface area contributed by atoms with Gasteiger partial charge >= 0.3 is 12.1 Å². The predicted molar refractivity (Wildman–Crippen MR) is 122 cm³/mol. The van der Waals surface area contributed by atoms with E-state index < -0.39 is 18.0 Å². The summed E-state index contributed by atoms with van der Waals surface area (Å²) in [5.74, 6) is 0.462. The van der Waals surface area contributed by atoms with E-state index in [2.05, 4.69) is 20.2 Å². The molecule has 0 spiro atoms. The van der Waals surface area contributed by atoms with Crippen molar-refractivity contribution >= 4 is 29.2 Å². The van der Waals surface area contributed by atoms with Crippen molar-refractivity contribution in [3.8, 4) is 11.9 Å². The van der Waals surface area contributed by atoms with Crippen molar-refractivity contribution in [1.82, 2.24) is 15.3 Å². The summed E-state index contributed by atoms with van der Waals surface area (Å²) >= 11 is 0. The molecular formula is C22H27FN6O5. The summed E-state index contributed by atoms with van der Waals surface area (Å²) in [5.41, 5.74) is 0.874. The van der Waals surface area contributed by atoms with Crippen molar-refractivity contribution in [2.24, 2.45) is 0 Å². The first-order chi connectivity index (χ1) is 16.4. The van der Waals surface area contributed by atoms with Gasteiger partial charge in [0.1, 0.15) is 17.7 Å². The van der Waals surface area contributed by atoms with E-state index in [0.717, 1.165) is 0 Å². The predicted octanol–water partition coefficient (Wildman–Crippen LogP) is 1.42. The Bertz CT molecular complexity index is 1040. The molecule has 1 aromatic heterocycles. The molecule has 4 rings (SSSR count). The van der Waals surface area contributed by atoms with E-state index in [0.29, 0.717) is 49.3 Å². The Hall–Kier alpha value is -3.83. The van der Waals surface area contributed by atoms with Crippen molar-refractivity contribution in [2.45, 2.75) is 13.0 Å². The van der Waals surface area contributed by atoms with Gasteiger partial charge < -0.3 is 29.3 Å². The lowest BCUT2D eigenvalue weighted by atomic mass is 10.2. The fourth-order valence-electron chi connectivity index (χ4n) is 3.94. The van der Waals surface area contributed by atoms with Gasteiger partial charge in [-0.3, -0.25) is 9.69 Å². The number of hydrogen-bond acceptors (Lipinski definition) is 9. The van der Waals surface area contributed by atoms with E-state index in [1.807, 2.05) is 4.90 Å². The summed E-state index contributed by atoms with van der Waals surface area (Å²) in [6, 6.07) is 6.67. The number of aromatic nitrogens is 2. The highest BCUT2D eigenvalue weighted by Crippen LogP contribution is 2.29. The number of halogens is 1. The standard InChI is InChI=1S/C22H27FN6O5/c1-14(30)24-12-16-13-29(22(31)34-16)15-4-5-18(17(23)10-15)27-6-8-28(9-7-27)19-11-20(32-2)26-21(25-19)33-3/h4-5,10-11,16H,6-9,12-13H2,1-3H3,(H,24,30)/t16-/m0/s1. The highest BCUT2D eigenvalue weighted by molar-refractivity contribution is 5.90. The molecule has 1 N–H and O–H groups in total. The van der Waals surface area contributed by atoms with E-state index in [-0.39, 0.29) is 25.0 Å². The number of piperazine rings is 1. The monoisotopic (exact) mass is 474 g/mol. The molecule has 2 saturated heterocycles. The average molecular weight is 474 g/mol. The van der Waals surface area contributed by atoms with Crippen LogP contribution < -0.4 is 29.5 Å². The van der Waals surface area contributed by atoms with Gasteiger partial charge in [0, 0.05) is 39.2 Å². The molecule has 2 fully saturated rings. The molecule has 0 saturated carbocycles. The number of nitrogens with zero attached hydrogens (tertiary/aromatic N) is 5. The van der Waals surface area contributed by atoms with Gasteiger partial charge in [-0.1, -0.05) is 0 Å². The molecule has 11 nitrogen and oxygen atoms in total. The number of nitrogens with one attached hydrogen (secondary N) is 1. The Morgan fingerprint density at radius 2 is 1.88 bits per heavy atom. The Morgan fingerprint density at radius 3 is 2.53 bits per heavy atom. The smallest absolute Gasteiger partial charge is 0.414 e. The number of anilines is 3. The van der Waals surface area contributed by atoms with Crippen LogP contribution in [-0.4, -0.2) is 81.6 Å². The van der Waals surface area contributed by atoms with Crippen LogP contribution in [0.4, 0.5) is 26.4 Å². The highest BCUT2D eigenvalue weighted by atomic mass is 19.1. The quantitative estimate of drug-likeness (QED) is 0.637. The van der Waals surface area contributed by atoms with Gasteiger partial charge in [-0.2, -0.15) is 9.97 Å². The minimum absolute atomic E-state index is 0.206. The second-order valence-electron chi connectivity index (χ2n) is 7.92. The number of benzene rings is 1. The number of carbonyl (C=O) groups excluding carboxylic acids is 2. The zero-order valence-corrected chi connectivity index (χ0v) is 19.3. The van der Waals surface area contributed by atoms with E-state index in [4.69, 9.17) is 14.2 Å². The highest BCUT2D eigenvalue weighted by Gasteiger charge is 2.33. The molecule has 2 aliphatic heterocycles. The normalized spacial score (nSPS) is 18.1. The van der Waals surface area contributed by atoms with Crippen LogP contribution in [0.5, 0.6) is 11.9 Å². The minimum atomic E-state index is -0.563. The van der Waals surface area contributed by atoms with Crippen LogP contribution in [0.15, 0.2) is 24.3 Å². The van der Waals surface area contributed by atoms with Crippen LogP contribution in [-0.2, 0) is 9.53 Å². The lowest BCUT2D eigenvalue weighted by Gasteiger charge is -2.37. The van der Waals surface area contributed by atoms with Crippen molar-refractivity contribution in [3.63, 3.8) is 0 Å². The minimum Gasteiger partial charge on any atom is -0.481 e. The third kappa shape index (κ3) is 5.05. The van der Waals surface area contributed by atoms with Gasteiger partial charge in [-0.25, -0.2) is 9.18 Å². The number of carbonyl (C=O) groups is 2. The number of cyclic esters (lactones) is 1. The zero-order valence-electron chi connectivity index (χ0n) is 19.3. The van der Waals surface area contributed by atoms with Crippen molar-refractivity contribution in [3.05, 3.63) is 30.1 Å². The van der Waals surface area contributed by atoms with E-state index >= 15 is 4.39 Å². The van der Waals surface area contributed by atoms with Gasteiger partial charge in [0.15, 0.2) is 0 Å². The number of methoxy groups -OCH3 is 2. The van der Waals surface area contributed by atoms with E-state index in [9.17, 15) is 9.59 Å². The van der Waals surface area contributed by atoms with Crippen LogP contribution in [0.25, 0.3) is 0 Å². The SMILES string of the molecule is COc1cc(N2CCN(c3ccc(N4C[C@H](CNC(C)=O)OC4=O)cc3F)CC2)nc(OC)n1. The summed E-state index contributed by atoms with van der Waals surface area (Å²) in [4.78, 5) is 37.2. The maximum absolute atomic E-state index is 15.0. The third-order valence-electron chi connectivity index (χ3n) is 5.70. The largest absolute Gasteiger partial charge is 0.481 e. The van der Waals surface area contributed by atoms with Gasteiger partial charge in [0.25, 0.3) is 0 Å². The zero-order chi connectivity index (χ0) is 24.2. The Balaban J connectivity index is 1.40. The Labute approximate surface area is 196 Å². The second-order valence-corrected chi connectivity index (χ2v) is 7.92. The maximum Gasteiger partial charge on any atom is 0.414 e. The van der Waals surface area contributed by atoms with Gasteiger partial charge in [0.2, 0.25) is 11.8 Å². The summed E-state index contributed by atoms with van der Waals surface area (Å²) in [5, 5.41) is 2.62. The first-order valence-electron chi connectivity index (χ1n) is 10.9. The van der Waals surface area contributed by atoms with Gasteiger partial charge in [0.05, 0.1) is 38.7 Å². The molecule has 0 unspecified atom stereocenters. The van der Waals surface area contributed by atoms with Gasteiger partial charge in [-0.05, 0) is 18.2 Å². The van der Waals surface area contributed by atoms with Crippen LogP contribution in [0.1, 0.15) is 6.92 Å². The summed E-state index contributed by atoms with van der Waals surface area (Å²) < 4.78 is 30.7. The van der Waals surface area contributed by atoms with Crippen LogP contribution in [0, 0.1) is 5.82 Å². The van der Waals surface area contributed by atoms with E-state index in [1.54, 1.807) is 18.2 Å². The molecule has 2 aromatic rings. The van der Waals surface area contributed by atoms with Crippen molar-refractivity contribution in [1.29, 1.82) is 0 Å². The number of rotatable bonds is 7. The van der Waals surface area contributed by atoms with Crippen molar-refractivity contribution in [2.75, 3.05) is 68.2 Å². The first-order valence-corrected chi connectivity index (χ1v) is 10.9. The number of amides is 2. The Kier molecular flexibility index (Phi) is 6.85. The van der Waals surface area contributed by atoms with Crippen molar-refractivity contribution < 1.29 is 28.2 Å². The average Bonchev–Trinajstić information content (AvgIpc) is 3.22. The molecule has 182 valence electrons. The molecule has 34 heavy (non-hydrogen) atoms. The number of hydrogen-bond donors (Lipinski definition) is 1. The second kappa shape index (κ2) is 9.98. The van der Waals surface area contributed by atoms with E-state index in [1.165, 1.54) is 32.1 Å². The maximum atomic E-state index is 15.0. The molecule has 0 radical (unpaired) electrons. The molecule has 2 aliphatic rings. The summed E-state index contributed by atoms with van der Waals surface area (Å²) in [6.45, 7) is 4.24. The lowest BCUT2D eigenvalue weighted by molar-refractivity contribution is -0.119. The summed E-state index contributed by atoms with van der Waals surface area (Å²) in [6.07, 6.45) is -1.04. The van der Waals surface area contributed by atoms with Gasteiger partial charge in [-0.15, -0.1) is 0 Å². The Morgan fingerprint density at radius 1 is 1.15 bits per heavy atom. The summed E-state index contributed by atoms with van der Waals surface area (Å²) in [7, 11) is 3.02. The fraction of sp³-hybridized carbons (Fsp3) is 0.455. The van der Waals surface area contributed by atoms with Crippen LogP contribution in [0.2, 0.25) is 0 Å². The molecule has 1 atom stereocenters. The molecule has 3 heterocycles.